The van der Waals surface area contributed by atoms with E-state index in [1.807, 2.05) is 18.2 Å². The highest BCUT2D eigenvalue weighted by Crippen LogP contribution is 2.24. The first-order chi connectivity index (χ1) is 9.69. The van der Waals surface area contributed by atoms with E-state index in [9.17, 15) is 8.42 Å². The Bertz CT molecular complexity index is 601. The smallest absolute Gasteiger partial charge is 0.153 e. The molecule has 0 amide bonds. The van der Waals surface area contributed by atoms with Gasteiger partial charge in [-0.2, -0.15) is 0 Å². The van der Waals surface area contributed by atoms with Crippen molar-refractivity contribution in [3.63, 3.8) is 0 Å². The highest BCUT2D eigenvalue weighted by atomic mass is 35.5. The van der Waals surface area contributed by atoms with Gasteiger partial charge in [-0.05, 0) is 38.5 Å². The van der Waals surface area contributed by atoms with Crippen LogP contribution >= 0.6 is 11.6 Å². The molecule has 1 heterocycles. The number of halogens is 1. The van der Waals surface area contributed by atoms with Crippen LogP contribution in [0.5, 0.6) is 0 Å². The van der Waals surface area contributed by atoms with Crippen LogP contribution in [-0.4, -0.2) is 45.1 Å². The van der Waals surface area contributed by atoms with Crippen LogP contribution in [0.25, 0.3) is 0 Å². The van der Waals surface area contributed by atoms with Crippen LogP contribution in [-0.2, 0) is 9.84 Å². The van der Waals surface area contributed by atoms with Crippen molar-refractivity contribution in [1.29, 1.82) is 0 Å². The lowest BCUT2D eigenvalue weighted by atomic mass is 10.2. The van der Waals surface area contributed by atoms with Crippen LogP contribution in [0.4, 0.5) is 5.69 Å². The average molecular weight is 331 g/mol. The molecule has 0 bridgehead atoms. The Kier molecular flexibility index (Phi) is 4.85. The van der Waals surface area contributed by atoms with Crippen molar-refractivity contribution >= 4 is 27.1 Å². The minimum Gasteiger partial charge on any atom is -0.370 e. The molecule has 0 spiro atoms. The maximum atomic E-state index is 11.7. The summed E-state index contributed by atoms with van der Waals surface area (Å²) in [6.45, 7) is 5.83. The van der Waals surface area contributed by atoms with Crippen LogP contribution < -0.4 is 10.2 Å². The number of anilines is 1. The average Bonchev–Trinajstić information content (AvgIpc) is 2.84. The molecular weight excluding hydrogens is 308 g/mol. The topological polar surface area (TPSA) is 49.4 Å². The Morgan fingerprint density at radius 2 is 2.14 bits per heavy atom. The van der Waals surface area contributed by atoms with Crippen molar-refractivity contribution in [2.75, 3.05) is 30.8 Å². The fourth-order valence-electron chi connectivity index (χ4n) is 2.36. The summed E-state index contributed by atoms with van der Waals surface area (Å²) in [6, 6.07) is 8.14. The molecule has 1 aromatic rings. The summed E-state index contributed by atoms with van der Waals surface area (Å²) in [5.74, 6) is 0. The zero-order valence-electron chi connectivity index (χ0n) is 12.8. The molecule has 0 saturated carbocycles. The zero-order chi connectivity index (χ0) is 15.7. The van der Waals surface area contributed by atoms with Gasteiger partial charge < -0.3 is 10.2 Å². The summed E-state index contributed by atoms with van der Waals surface area (Å²) in [6.07, 6.45) is 2.30. The molecule has 1 aliphatic heterocycles. The van der Waals surface area contributed by atoms with Crippen molar-refractivity contribution in [3.05, 3.63) is 29.3 Å². The molecule has 0 radical (unpaired) electrons. The Balaban J connectivity index is 1.92. The second kappa shape index (κ2) is 6.15. The molecule has 21 heavy (non-hydrogen) atoms. The van der Waals surface area contributed by atoms with Gasteiger partial charge in [-0.1, -0.05) is 17.7 Å². The fraction of sp³-hybridized carbons (Fsp3) is 0.600. The SMILES string of the molecule is CC(C)(CN[C@H]1CCN(c2cccc(Cl)c2)C1)S(C)(=O)=O. The minimum absolute atomic E-state index is 0.310. The molecule has 0 aromatic heterocycles. The Morgan fingerprint density at radius 1 is 1.43 bits per heavy atom. The van der Waals surface area contributed by atoms with E-state index in [4.69, 9.17) is 11.6 Å². The lowest BCUT2D eigenvalue weighted by Crippen LogP contribution is -2.46. The summed E-state index contributed by atoms with van der Waals surface area (Å²) >= 11 is 6.02. The zero-order valence-corrected chi connectivity index (χ0v) is 14.3. The molecular formula is C15H23ClN2O2S. The third-order valence-corrected chi connectivity index (χ3v) is 6.57. The summed E-state index contributed by atoms with van der Waals surface area (Å²) in [5.41, 5.74) is 1.12. The van der Waals surface area contributed by atoms with Crippen molar-refractivity contribution in [3.8, 4) is 0 Å². The predicted molar refractivity (Wildman–Crippen MR) is 89.0 cm³/mol. The molecule has 1 atom stereocenters. The van der Waals surface area contributed by atoms with Crippen LogP contribution in [0.1, 0.15) is 20.3 Å². The number of hydrogen-bond acceptors (Lipinski definition) is 4. The Morgan fingerprint density at radius 3 is 2.76 bits per heavy atom. The number of nitrogens with zero attached hydrogens (tertiary/aromatic N) is 1. The van der Waals surface area contributed by atoms with Gasteiger partial charge in [0.2, 0.25) is 0 Å². The van der Waals surface area contributed by atoms with Gasteiger partial charge in [-0.3, -0.25) is 0 Å². The van der Waals surface area contributed by atoms with E-state index in [0.29, 0.717) is 12.6 Å². The lowest BCUT2D eigenvalue weighted by molar-refractivity contribution is 0.481. The van der Waals surface area contributed by atoms with Gasteiger partial charge in [0, 0.05) is 42.6 Å². The van der Waals surface area contributed by atoms with Crippen LogP contribution in [0, 0.1) is 0 Å². The Labute approximate surface area is 132 Å². The van der Waals surface area contributed by atoms with Crippen molar-refractivity contribution in [2.45, 2.75) is 31.1 Å². The second-order valence-corrected chi connectivity index (χ2v) is 9.41. The van der Waals surface area contributed by atoms with Gasteiger partial charge >= 0.3 is 0 Å². The van der Waals surface area contributed by atoms with E-state index in [0.717, 1.165) is 30.2 Å². The quantitative estimate of drug-likeness (QED) is 0.900. The highest BCUT2D eigenvalue weighted by Gasteiger charge is 2.32. The lowest BCUT2D eigenvalue weighted by Gasteiger charge is -2.25. The number of rotatable bonds is 5. The van der Waals surface area contributed by atoms with Gasteiger partial charge in [0.05, 0.1) is 4.75 Å². The van der Waals surface area contributed by atoms with E-state index >= 15 is 0 Å². The first-order valence-electron chi connectivity index (χ1n) is 7.12. The molecule has 118 valence electrons. The molecule has 2 rings (SSSR count). The third-order valence-electron chi connectivity index (χ3n) is 4.18. The molecule has 1 aromatic carbocycles. The third kappa shape index (κ3) is 4.11. The minimum atomic E-state index is -3.06. The molecule has 0 unspecified atom stereocenters. The normalized spacial score (nSPS) is 20.0. The van der Waals surface area contributed by atoms with Gasteiger partial charge in [-0.15, -0.1) is 0 Å². The summed E-state index contributed by atoms with van der Waals surface area (Å²) < 4.78 is 22.7. The molecule has 0 aliphatic carbocycles. The maximum absolute atomic E-state index is 11.7. The van der Waals surface area contributed by atoms with E-state index in [-0.39, 0.29) is 0 Å². The summed E-state index contributed by atoms with van der Waals surface area (Å²) in [7, 11) is -3.06. The number of sulfone groups is 1. The molecule has 1 aliphatic rings. The van der Waals surface area contributed by atoms with Crippen LogP contribution in [0.2, 0.25) is 5.02 Å². The molecule has 1 saturated heterocycles. The maximum Gasteiger partial charge on any atom is 0.153 e. The second-order valence-electron chi connectivity index (χ2n) is 6.32. The molecule has 4 nitrogen and oxygen atoms in total. The first kappa shape index (κ1) is 16.6. The first-order valence-corrected chi connectivity index (χ1v) is 9.39. The molecule has 1 fully saturated rings. The van der Waals surface area contributed by atoms with Gasteiger partial charge in [-0.25, -0.2) is 8.42 Å². The largest absolute Gasteiger partial charge is 0.370 e. The monoisotopic (exact) mass is 330 g/mol. The van der Waals surface area contributed by atoms with E-state index in [1.165, 1.54) is 6.26 Å². The number of nitrogens with one attached hydrogen (secondary N) is 1. The molecule has 6 heteroatoms. The number of benzene rings is 1. The van der Waals surface area contributed by atoms with Gasteiger partial charge in [0.1, 0.15) is 0 Å². The van der Waals surface area contributed by atoms with E-state index in [1.54, 1.807) is 13.8 Å². The van der Waals surface area contributed by atoms with E-state index < -0.39 is 14.6 Å². The summed E-state index contributed by atoms with van der Waals surface area (Å²) in [5, 5.41) is 4.13. The van der Waals surface area contributed by atoms with Crippen LogP contribution in [0.15, 0.2) is 24.3 Å². The van der Waals surface area contributed by atoms with E-state index in [2.05, 4.69) is 16.3 Å². The summed E-state index contributed by atoms with van der Waals surface area (Å²) in [4.78, 5) is 2.27. The van der Waals surface area contributed by atoms with Crippen molar-refractivity contribution in [1.82, 2.24) is 5.32 Å². The highest BCUT2D eigenvalue weighted by molar-refractivity contribution is 7.92. The van der Waals surface area contributed by atoms with Crippen LogP contribution in [0.3, 0.4) is 0 Å². The van der Waals surface area contributed by atoms with Gasteiger partial charge in [0.25, 0.3) is 0 Å². The van der Waals surface area contributed by atoms with Crippen molar-refractivity contribution < 1.29 is 8.42 Å². The molecule has 1 N–H and O–H groups in total. The fourth-order valence-corrected chi connectivity index (χ4v) is 2.89. The standard InChI is InChI=1S/C15H23ClN2O2S/c1-15(2,21(3,19)20)11-17-13-7-8-18(10-13)14-6-4-5-12(16)9-14/h4-6,9,13,17H,7-8,10-11H2,1-3H3/t13-/m0/s1. The Hall–Kier alpha value is -0.780. The van der Waals surface area contributed by atoms with Gasteiger partial charge in [0.15, 0.2) is 9.84 Å². The number of hydrogen-bond donors (Lipinski definition) is 1. The predicted octanol–water partition coefficient (Wildman–Crippen LogP) is 2.33. The van der Waals surface area contributed by atoms with Crippen molar-refractivity contribution in [2.24, 2.45) is 0 Å².